The van der Waals surface area contributed by atoms with Crippen LogP contribution in [0, 0.1) is 5.92 Å². The average Bonchev–Trinajstić information content (AvgIpc) is 2.31. The molecule has 0 aromatic carbocycles. The summed E-state index contributed by atoms with van der Waals surface area (Å²) in [6.07, 6.45) is -2.35. The summed E-state index contributed by atoms with van der Waals surface area (Å²) in [6, 6.07) is 0. The SMILES string of the molecule is CSC1=NCCC1C(F)(F)F. The lowest BCUT2D eigenvalue weighted by Crippen LogP contribution is -2.26. The Balaban J connectivity index is 2.68. The topological polar surface area (TPSA) is 12.4 Å². The molecule has 64 valence electrons. The van der Waals surface area contributed by atoms with E-state index in [9.17, 15) is 13.2 Å². The highest BCUT2D eigenvalue weighted by molar-refractivity contribution is 8.13. The number of nitrogens with zero attached hydrogens (tertiary/aromatic N) is 1. The Kier molecular flexibility index (Phi) is 2.47. The Hall–Kier alpha value is -0.190. The number of hydrogen-bond acceptors (Lipinski definition) is 2. The minimum absolute atomic E-state index is 0.125. The molecule has 1 nitrogen and oxygen atoms in total. The van der Waals surface area contributed by atoms with Gasteiger partial charge in [0, 0.05) is 6.54 Å². The van der Waals surface area contributed by atoms with Crippen molar-refractivity contribution >= 4 is 16.8 Å². The van der Waals surface area contributed by atoms with Gasteiger partial charge in [-0.3, -0.25) is 4.99 Å². The van der Waals surface area contributed by atoms with Gasteiger partial charge in [-0.2, -0.15) is 13.2 Å². The maximum absolute atomic E-state index is 12.1. The summed E-state index contributed by atoms with van der Waals surface area (Å²) in [4.78, 5) is 3.76. The Morgan fingerprint density at radius 2 is 2.18 bits per heavy atom. The highest BCUT2D eigenvalue weighted by atomic mass is 32.2. The van der Waals surface area contributed by atoms with Crippen LogP contribution >= 0.6 is 11.8 Å². The predicted molar refractivity (Wildman–Crippen MR) is 40.0 cm³/mol. The predicted octanol–water partition coefficient (Wildman–Crippen LogP) is 2.33. The van der Waals surface area contributed by atoms with E-state index in [2.05, 4.69) is 4.99 Å². The van der Waals surface area contributed by atoms with Crippen molar-refractivity contribution < 1.29 is 13.2 Å². The maximum Gasteiger partial charge on any atom is 0.397 e. The highest BCUT2D eigenvalue weighted by Gasteiger charge is 2.44. The van der Waals surface area contributed by atoms with Crippen molar-refractivity contribution in [2.75, 3.05) is 12.8 Å². The van der Waals surface area contributed by atoms with E-state index in [1.807, 2.05) is 0 Å². The van der Waals surface area contributed by atoms with Crippen LogP contribution in [-0.4, -0.2) is 24.0 Å². The average molecular weight is 183 g/mol. The van der Waals surface area contributed by atoms with Crippen molar-refractivity contribution in [3.63, 3.8) is 0 Å². The van der Waals surface area contributed by atoms with Crippen molar-refractivity contribution in [3.05, 3.63) is 0 Å². The van der Waals surface area contributed by atoms with Gasteiger partial charge < -0.3 is 0 Å². The number of hydrogen-bond donors (Lipinski definition) is 0. The van der Waals surface area contributed by atoms with E-state index in [1.165, 1.54) is 0 Å². The Morgan fingerprint density at radius 3 is 2.55 bits per heavy atom. The van der Waals surface area contributed by atoms with Gasteiger partial charge >= 0.3 is 6.18 Å². The van der Waals surface area contributed by atoms with Gasteiger partial charge in [-0.1, -0.05) is 0 Å². The number of halogens is 3. The molecule has 0 aromatic heterocycles. The summed E-state index contributed by atoms with van der Waals surface area (Å²) in [5, 5.41) is 0.234. The molecule has 1 aliphatic heterocycles. The van der Waals surface area contributed by atoms with Crippen LogP contribution in [0.25, 0.3) is 0 Å². The smallest absolute Gasteiger partial charge is 0.282 e. The molecule has 0 saturated carbocycles. The van der Waals surface area contributed by atoms with Gasteiger partial charge in [0.25, 0.3) is 0 Å². The minimum Gasteiger partial charge on any atom is -0.282 e. The van der Waals surface area contributed by atoms with E-state index >= 15 is 0 Å². The number of rotatable bonds is 0. The summed E-state index contributed by atoms with van der Waals surface area (Å²) in [5.41, 5.74) is 0. The van der Waals surface area contributed by atoms with Gasteiger partial charge in [0.2, 0.25) is 0 Å². The Morgan fingerprint density at radius 1 is 1.55 bits per heavy atom. The summed E-state index contributed by atoms with van der Waals surface area (Å²) in [7, 11) is 0. The quantitative estimate of drug-likeness (QED) is 0.561. The molecule has 1 unspecified atom stereocenters. The summed E-state index contributed by atoms with van der Waals surface area (Å²) in [6.45, 7) is 0.320. The third-order valence-electron chi connectivity index (χ3n) is 1.59. The summed E-state index contributed by atoms with van der Waals surface area (Å²) >= 11 is 1.10. The van der Waals surface area contributed by atoms with Crippen molar-refractivity contribution in [2.45, 2.75) is 12.6 Å². The zero-order valence-electron chi connectivity index (χ0n) is 5.98. The van der Waals surface area contributed by atoms with Gasteiger partial charge in [-0.05, 0) is 12.7 Å². The number of aliphatic imine (C=N–C) groups is 1. The lowest BCUT2D eigenvalue weighted by molar-refractivity contribution is -0.153. The van der Waals surface area contributed by atoms with Crippen LogP contribution in [0.4, 0.5) is 13.2 Å². The van der Waals surface area contributed by atoms with Gasteiger partial charge in [-0.15, -0.1) is 11.8 Å². The zero-order valence-corrected chi connectivity index (χ0v) is 6.80. The molecule has 0 spiro atoms. The van der Waals surface area contributed by atoms with Gasteiger partial charge in [0.1, 0.15) is 5.92 Å². The molecule has 1 atom stereocenters. The molecule has 0 aliphatic carbocycles. The van der Waals surface area contributed by atoms with Crippen LogP contribution in [0.5, 0.6) is 0 Å². The maximum atomic E-state index is 12.1. The number of alkyl halides is 3. The zero-order chi connectivity index (χ0) is 8.48. The van der Waals surface area contributed by atoms with E-state index < -0.39 is 12.1 Å². The minimum atomic E-state index is -4.10. The molecular formula is C6H8F3NS. The van der Waals surface area contributed by atoms with Crippen LogP contribution in [0.15, 0.2) is 4.99 Å². The fourth-order valence-electron chi connectivity index (χ4n) is 1.05. The molecule has 5 heteroatoms. The Bertz CT molecular complexity index is 175. The fourth-order valence-corrected chi connectivity index (χ4v) is 1.80. The second kappa shape index (κ2) is 3.05. The lowest BCUT2D eigenvalue weighted by atomic mass is 10.1. The second-order valence-electron chi connectivity index (χ2n) is 2.31. The second-order valence-corrected chi connectivity index (χ2v) is 3.13. The first-order chi connectivity index (χ1) is 5.05. The monoisotopic (exact) mass is 183 g/mol. The first-order valence-corrected chi connectivity index (χ1v) is 4.43. The van der Waals surface area contributed by atoms with Crippen LogP contribution in [0.2, 0.25) is 0 Å². The normalized spacial score (nSPS) is 25.5. The van der Waals surface area contributed by atoms with Crippen LogP contribution in [-0.2, 0) is 0 Å². The van der Waals surface area contributed by atoms with E-state index in [4.69, 9.17) is 0 Å². The van der Waals surface area contributed by atoms with Crippen molar-refractivity contribution in [3.8, 4) is 0 Å². The molecule has 1 rings (SSSR count). The third kappa shape index (κ3) is 1.89. The molecule has 0 aromatic rings. The molecule has 11 heavy (non-hydrogen) atoms. The van der Waals surface area contributed by atoms with E-state index in [0.717, 1.165) is 11.8 Å². The largest absolute Gasteiger partial charge is 0.397 e. The van der Waals surface area contributed by atoms with Crippen molar-refractivity contribution in [2.24, 2.45) is 10.9 Å². The highest BCUT2D eigenvalue weighted by Crippen LogP contribution is 2.35. The molecule has 0 radical (unpaired) electrons. The number of thioether (sulfide) groups is 1. The van der Waals surface area contributed by atoms with Crippen molar-refractivity contribution in [1.29, 1.82) is 0 Å². The standard InChI is InChI=1S/C6H8F3NS/c1-11-5-4(2-3-10-5)6(7,8)9/h4H,2-3H2,1H3. The van der Waals surface area contributed by atoms with Gasteiger partial charge in [-0.25, -0.2) is 0 Å². The van der Waals surface area contributed by atoms with Gasteiger partial charge in [0.05, 0.1) is 5.04 Å². The summed E-state index contributed by atoms with van der Waals surface area (Å²) < 4.78 is 36.3. The molecule has 1 aliphatic rings. The first kappa shape index (κ1) is 8.90. The summed E-state index contributed by atoms with van der Waals surface area (Å²) in [5.74, 6) is -1.29. The van der Waals surface area contributed by atoms with E-state index in [0.29, 0.717) is 6.54 Å². The molecule has 1 heterocycles. The lowest BCUT2D eigenvalue weighted by Gasteiger charge is -2.14. The molecule has 0 amide bonds. The van der Waals surface area contributed by atoms with E-state index in [1.54, 1.807) is 6.26 Å². The van der Waals surface area contributed by atoms with Crippen LogP contribution in [0.1, 0.15) is 6.42 Å². The third-order valence-corrected chi connectivity index (χ3v) is 2.42. The Labute approximate surface area is 67.1 Å². The van der Waals surface area contributed by atoms with Crippen molar-refractivity contribution in [1.82, 2.24) is 0 Å². The first-order valence-electron chi connectivity index (χ1n) is 3.20. The fraction of sp³-hybridized carbons (Fsp3) is 0.833. The van der Waals surface area contributed by atoms with Crippen LogP contribution in [0.3, 0.4) is 0 Å². The molecule has 0 fully saturated rings. The molecule has 0 N–H and O–H groups in total. The van der Waals surface area contributed by atoms with Crippen LogP contribution < -0.4 is 0 Å². The molecule has 0 bridgehead atoms. The van der Waals surface area contributed by atoms with E-state index in [-0.39, 0.29) is 11.5 Å². The molecule has 0 saturated heterocycles. The molecular weight excluding hydrogens is 175 g/mol. The van der Waals surface area contributed by atoms with Gasteiger partial charge in [0.15, 0.2) is 0 Å².